The van der Waals surface area contributed by atoms with E-state index in [0.717, 1.165) is 23.4 Å². The first kappa shape index (κ1) is 13.9. The van der Waals surface area contributed by atoms with Crippen LogP contribution in [0.5, 0.6) is 0 Å². The number of halogens is 1. The molecule has 21 heavy (non-hydrogen) atoms. The Labute approximate surface area is 130 Å². The van der Waals surface area contributed by atoms with Gasteiger partial charge in [0.05, 0.1) is 17.6 Å². The monoisotopic (exact) mass is 347 g/mol. The molecular formula is C15H14BrN3O2. The van der Waals surface area contributed by atoms with E-state index in [1.54, 1.807) is 12.1 Å². The van der Waals surface area contributed by atoms with Crippen LogP contribution in [-0.2, 0) is 13.1 Å². The van der Waals surface area contributed by atoms with E-state index in [-0.39, 0.29) is 11.7 Å². The lowest BCUT2D eigenvalue weighted by atomic mass is 10.3. The normalized spacial score (nSPS) is 11.0. The summed E-state index contributed by atoms with van der Waals surface area (Å²) in [5.74, 6) is 0.856. The maximum Gasteiger partial charge on any atom is 0.287 e. The van der Waals surface area contributed by atoms with Gasteiger partial charge in [-0.2, -0.15) is 0 Å². The summed E-state index contributed by atoms with van der Waals surface area (Å²) in [5.41, 5.74) is 2.01. The Hall–Kier alpha value is -2.08. The van der Waals surface area contributed by atoms with Crippen LogP contribution in [0.4, 0.5) is 0 Å². The highest BCUT2D eigenvalue weighted by molar-refractivity contribution is 9.10. The molecule has 1 amide bonds. The summed E-state index contributed by atoms with van der Waals surface area (Å²) >= 11 is 3.18. The molecule has 0 spiro atoms. The molecule has 5 nitrogen and oxygen atoms in total. The molecule has 1 aromatic carbocycles. The molecule has 0 unspecified atom stereocenters. The molecule has 2 aromatic heterocycles. The smallest absolute Gasteiger partial charge is 0.287 e. The number of rotatable bonds is 4. The van der Waals surface area contributed by atoms with Gasteiger partial charge < -0.3 is 14.3 Å². The van der Waals surface area contributed by atoms with Crippen LogP contribution < -0.4 is 5.32 Å². The predicted molar refractivity (Wildman–Crippen MR) is 83.0 cm³/mol. The van der Waals surface area contributed by atoms with Crippen LogP contribution >= 0.6 is 15.9 Å². The minimum absolute atomic E-state index is 0.254. The van der Waals surface area contributed by atoms with Crippen LogP contribution in [0.15, 0.2) is 45.5 Å². The number of furan rings is 1. The molecule has 0 aliphatic carbocycles. The Morgan fingerprint density at radius 1 is 1.33 bits per heavy atom. The summed E-state index contributed by atoms with van der Waals surface area (Å²) in [4.78, 5) is 16.5. The second-order valence-electron chi connectivity index (χ2n) is 4.55. The summed E-state index contributed by atoms with van der Waals surface area (Å²) in [6, 6.07) is 11.3. The molecule has 0 radical (unpaired) electrons. The number of para-hydroxylation sites is 2. The van der Waals surface area contributed by atoms with Crippen molar-refractivity contribution < 1.29 is 9.21 Å². The molecule has 0 fully saturated rings. The Balaban J connectivity index is 1.80. The van der Waals surface area contributed by atoms with Crippen LogP contribution in [0.3, 0.4) is 0 Å². The number of nitrogens with one attached hydrogen (secondary N) is 1. The Kier molecular flexibility index (Phi) is 3.79. The maximum atomic E-state index is 12.0. The van der Waals surface area contributed by atoms with Crippen LogP contribution in [0.2, 0.25) is 0 Å². The molecule has 0 saturated carbocycles. The molecule has 0 saturated heterocycles. The molecule has 3 aromatic rings. The number of hydrogen-bond acceptors (Lipinski definition) is 3. The van der Waals surface area contributed by atoms with E-state index in [0.29, 0.717) is 11.2 Å². The van der Waals surface area contributed by atoms with Gasteiger partial charge >= 0.3 is 0 Å². The number of fused-ring (bicyclic) bond motifs is 1. The topological polar surface area (TPSA) is 60.1 Å². The van der Waals surface area contributed by atoms with E-state index in [9.17, 15) is 4.79 Å². The fourth-order valence-corrected chi connectivity index (χ4v) is 2.60. The van der Waals surface area contributed by atoms with E-state index in [4.69, 9.17) is 4.42 Å². The van der Waals surface area contributed by atoms with E-state index in [1.165, 1.54) is 0 Å². The minimum atomic E-state index is -0.254. The third-order valence-corrected chi connectivity index (χ3v) is 3.68. The predicted octanol–water partition coefficient (Wildman–Crippen LogP) is 3.34. The highest BCUT2D eigenvalue weighted by Crippen LogP contribution is 2.16. The first-order valence-corrected chi connectivity index (χ1v) is 7.46. The molecule has 0 bridgehead atoms. The fraction of sp³-hybridized carbons (Fsp3) is 0.200. The number of hydrogen-bond donors (Lipinski definition) is 1. The first-order valence-electron chi connectivity index (χ1n) is 6.66. The minimum Gasteiger partial charge on any atom is -0.444 e. The van der Waals surface area contributed by atoms with Gasteiger partial charge in [-0.05, 0) is 47.1 Å². The number of nitrogens with zero attached hydrogens (tertiary/aromatic N) is 2. The lowest BCUT2D eigenvalue weighted by Crippen LogP contribution is -2.24. The molecule has 2 heterocycles. The molecule has 1 N–H and O–H groups in total. The number of carbonyl (C=O) groups is 1. The van der Waals surface area contributed by atoms with Gasteiger partial charge in [0.25, 0.3) is 5.91 Å². The number of aromatic nitrogens is 2. The zero-order valence-electron chi connectivity index (χ0n) is 11.5. The molecule has 3 rings (SSSR count). The summed E-state index contributed by atoms with van der Waals surface area (Å²) in [7, 11) is 0. The Morgan fingerprint density at radius 3 is 2.86 bits per heavy atom. The van der Waals surface area contributed by atoms with Crippen LogP contribution in [0, 0.1) is 0 Å². The largest absolute Gasteiger partial charge is 0.444 e. The van der Waals surface area contributed by atoms with Crippen molar-refractivity contribution in [2.24, 2.45) is 0 Å². The molecule has 108 valence electrons. The quantitative estimate of drug-likeness (QED) is 0.787. The average molecular weight is 348 g/mol. The molecule has 0 aliphatic heterocycles. The van der Waals surface area contributed by atoms with Crippen LogP contribution in [0.25, 0.3) is 11.0 Å². The zero-order chi connectivity index (χ0) is 14.8. The zero-order valence-corrected chi connectivity index (χ0v) is 13.1. The van der Waals surface area contributed by atoms with Gasteiger partial charge in [-0.1, -0.05) is 12.1 Å². The van der Waals surface area contributed by atoms with Crippen molar-refractivity contribution in [2.75, 3.05) is 0 Å². The SMILES string of the molecule is CCn1c(CNC(=O)c2ccc(Br)o2)nc2ccccc21. The van der Waals surface area contributed by atoms with E-state index < -0.39 is 0 Å². The van der Waals surface area contributed by atoms with Crippen molar-refractivity contribution in [3.8, 4) is 0 Å². The fourth-order valence-electron chi connectivity index (χ4n) is 2.30. The van der Waals surface area contributed by atoms with Crippen molar-refractivity contribution in [2.45, 2.75) is 20.0 Å². The van der Waals surface area contributed by atoms with Gasteiger partial charge in [-0.15, -0.1) is 0 Å². The average Bonchev–Trinajstić information content (AvgIpc) is 3.07. The first-order chi connectivity index (χ1) is 10.2. The highest BCUT2D eigenvalue weighted by Gasteiger charge is 2.13. The van der Waals surface area contributed by atoms with E-state index >= 15 is 0 Å². The molecule has 6 heteroatoms. The van der Waals surface area contributed by atoms with Crippen molar-refractivity contribution in [3.05, 3.63) is 52.7 Å². The number of carbonyl (C=O) groups excluding carboxylic acids is 1. The van der Waals surface area contributed by atoms with Crippen molar-refractivity contribution in [3.63, 3.8) is 0 Å². The summed E-state index contributed by atoms with van der Waals surface area (Å²) in [6.45, 7) is 3.22. The van der Waals surface area contributed by atoms with Crippen LogP contribution in [0.1, 0.15) is 23.3 Å². The van der Waals surface area contributed by atoms with Crippen molar-refractivity contribution >= 4 is 32.9 Å². The summed E-state index contributed by atoms with van der Waals surface area (Å²) < 4.78 is 7.85. The Morgan fingerprint density at radius 2 is 2.14 bits per heavy atom. The van der Waals surface area contributed by atoms with Gasteiger partial charge in [0.1, 0.15) is 5.82 Å². The lowest BCUT2D eigenvalue weighted by molar-refractivity contribution is 0.0920. The second-order valence-corrected chi connectivity index (χ2v) is 5.33. The number of aryl methyl sites for hydroxylation is 1. The van der Waals surface area contributed by atoms with Gasteiger partial charge in [0.15, 0.2) is 10.4 Å². The second kappa shape index (κ2) is 5.73. The van der Waals surface area contributed by atoms with E-state index in [2.05, 4.69) is 37.7 Å². The maximum absolute atomic E-state index is 12.0. The summed E-state index contributed by atoms with van der Waals surface area (Å²) in [6.07, 6.45) is 0. The number of benzene rings is 1. The molecule has 0 aliphatic rings. The van der Waals surface area contributed by atoms with Gasteiger partial charge in [-0.25, -0.2) is 4.98 Å². The van der Waals surface area contributed by atoms with Crippen molar-refractivity contribution in [1.29, 1.82) is 0 Å². The lowest BCUT2D eigenvalue weighted by Gasteiger charge is -2.06. The van der Waals surface area contributed by atoms with Gasteiger partial charge in [-0.3, -0.25) is 4.79 Å². The summed E-state index contributed by atoms with van der Waals surface area (Å²) in [5, 5.41) is 2.83. The van der Waals surface area contributed by atoms with Gasteiger partial charge in [0, 0.05) is 6.54 Å². The highest BCUT2D eigenvalue weighted by atomic mass is 79.9. The van der Waals surface area contributed by atoms with E-state index in [1.807, 2.05) is 24.3 Å². The molecule has 0 atom stereocenters. The van der Waals surface area contributed by atoms with Crippen molar-refractivity contribution in [1.82, 2.24) is 14.9 Å². The standard InChI is InChI=1S/C15H14BrN3O2/c1-2-19-11-6-4-3-5-10(11)18-14(19)9-17-15(20)12-7-8-13(16)21-12/h3-8H,2,9H2,1H3,(H,17,20). The van der Waals surface area contributed by atoms with Crippen LogP contribution in [-0.4, -0.2) is 15.5 Å². The third-order valence-electron chi connectivity index (χ3n) is 3.25. The molecular weight excluding hydrogens is 334 g/mol. The van der Waals surface area contributed by atoms with Gasteiger partial charge in [0.2, 0.25) is 0 Å². The Bertz CT molecular complexity index is 791. The number of imidazole rings is 1. The number of amides is 1. The third kappa shape index (κ3) is 2.71.